The molecule has 0 unspecified atom stereocenters. The maximum absolute atomic E-state index is 5.49. The number of nitrogen functional groups attached to an aromatic ring is 1. The van der Waals surface area contributed by atoms with Gasteiger partial charge < -0.3 is 10.2 Å². The van der Waals surface area contributed by atoms with E-state index in [1.807, 2.05) is 31.2 Å². The lowest BCUT2D eigenvalue weighted by atomic mass is 10.1. The maximum Gasteiger partial charge on any atom is 0.243 e. The second-order valence-corrected chi connectivity index (χ2v) is 5.47. The molecule has 0 bridgehead atoms. The van der Waals surface area contributed by atoms with Crippen LogP contribution in [0.5, 0.6) is 0 Å². The molecule has 22 heavy (non-hydrogen) atoms. The number of benzene rings is 1. The van der Waals surface area contributed by atoms with E-state index in [0.717, 1.165) is 31.6 Å². The van der Waals surface area contributed by atoms with E-state index in [2.05, 4.69) is 30.6 Å². The smallest absolute Gasteiger partial charge is 0.243 e. The lowest BCUT2D eigenvalue weighted by Gasteiger charge is -2.26. The van der Waals surface area contributed by atoms with Crippen molar-refractivity contribution < 1.29 is 0 Å². The monoisotopic (exact) mass is 299 g/mol. The van der Waals surface area contributed by atoms with Crippen molar-refractivity contribution in [1.82, 2.24) is 15.0 Å². The molecule has 116 valence electrons. The molecule has 1 aliphatic rings. The predicted octanol–water partition coefficient (Wildman–Crippen LogP) is 2.20. The lowest BCUT2D eigenvalue weighted by Crippen LogP contribution is -2.31. The maximum atomic E-state index is 5.49. The molecule has 0 aliphatic carbocycles. The zero-order valence-corrected chi connectivity index (χ0v) is 12.7. The number of hydrogen-bond acceptors (Lipinski definition) is 7. The SMILES string of the molecule is Cc1cccc(Nc2nc(NN)nc(N3CCCCC3)n2)c1. The fourth-order valence-corrected chi connectivity index (χ4v) is 2.57. The van der Waals surface area contributed by atoms with Crippen molar-refractivity contribution in [3.05, 3.63) is 29.8 Å². The van der Waals surface area contributed by atoms with Crippen LogP contribution in [0.3, 0.4) is 0 Å². The molecule has 3 rings (SSSR count). The molecule has 0 saturated carbocycles. The topological polar surface area (TPSA) is 92.0 Å². The van der Waals surface area contributed by atoms with Crippen LogP contribution in [0, 0.1) is 6.92 Å². The molecular weight excluding hydrogens is 278 g/mol. The molecule has 1 aromatic heterocycles. The Labute approximate surface area is 130 Å². The van der Waals surface area contributed by atoms with Crippen LogP contribution in [0.25, 0.3) is 0 Å². The minimum absolute atomic E-state index is 0.366. The zero-order chi connectivity index (χ0) is 15.4. The van der Waals surface area contributed by atoms with Gasteiger partial charge in [-0.15, -0.1) is 0 Å². The number of rotatable bonds is 4. The Balaban J connectivity index is 1.86. The molecule has 1 fully saturated rings. The zero-order valence-electron chi connectivity index (χ0n) is 12.7. The Morgan fingerprint density at radius 3 is 2.55 bits per heavy atom. The van der Waals surface area contributed by atoms with Crippen LogP contribution in [0.2, 0.25) is 0 Å². The molecule has 1 saturated heterocycles. The minimum atomic E-state index is 0.366. The van der Waals surface area contributed by atoms with Gasteiger partial charge in [0.25, 0.3) is 0 Å². The van der Waals surface area contributed by atoms with Crippen molar-refractivity contribution in [3.8, 4) is 0 Å². The Morgan fingerprint density at radius 2 is 1.82 bits per heavy atom. The third-order valence-corrected chi connectivity index (χ3v) is 3.67. The van der Waals surface area contributed by atoms with Crippen LogP contribution in [-0.4, -0.2) is 28.0 Å². The number of aryl methyl sites for hydroxylation is 1. The van der Waals surface area contributed by atoms with Crippen molar-refractivity contribution in [2.24, 2.45) is 5.84 Å². The first kappa shape index (κ1) is 14.5. The molecule has 0 spiro atoms. The first-order chi connectivity index (χ1) is 10.7. The van der Waals surface area contributed by atoms with Crippen LogP contribution in [-0.2, 0) is 0 Å². The van der Waals surface area contributed by atoms with Gasteiger partial charge in [0.2, 0.25) is 17.8 Å². The molecule has 1 aromatic carbocycles. The van der Waals surface area contributed by atoms with E-state index < -0.39 is 0 Å². The van der Waals surface area contributed by atoms with Crippen LogP contribution in [0.1, 0.15) is 24.8 Å². The number of hydrogen-bond donors (Lipinski definition) is 3. The summed E-state index contributed by atoms with van der Waals surface area (Å²) >= 11 is 0. The van der Waals surface area contributed by atoms with Gasteiger partial charge >= 0.3 is 0 Å². The van der Waals surface area contributed by atoms with Crippen molar-refractivity contribution in [2.45, 2.75) is 26.2 Å². The van der Waals surface area contributed by atoms with Crippen LogP contribution < -0.4 is 21.5 Å². The highest BCUT2D eigenvalue weighted by Gasteiger charge is 2.16. The van der Waals surface area contributed by atoms with Crippen molar-refractivity contribution in [3.63, 3.8) is 0 Å². The van der Waals surface area contributed by atoms with E-state index in [1.165, 1.54) is 12.0 Å². The van der Waals surface area contributed by atoms with Gasteiger partial charge in [0.05, 0.1) is 0 Å². The number of aromatic nitrogens is 3. The molecule has 7 heteroatoms. The summed E-state index contributed by atoms with van der Waals surface area (Å²) < 4.78 is 0. The first-order valence-electron chi connectivity index (χ1n) is 7.56. The van der Waals surface area contributed by atoms with Crippen molar-refractivity contribution in [1.29, 1.82) is 0 Å². The normalized spacial score (nSPS) is 14.7. The highest BCUT2D eigenvalue weighted by Crippen LogP contribution is 2.20. The quantitative estimate of drug-likeness (QED) is 0.588. The molecule has 7 nitrogen and oxygen atoms in total. The summed E-state index contributed by atoms with van der Waals surface area (Å²) in [6, 6.07) is 8.06. The van der Waals surface area contributed by atoms with Crippen LogP contribution in [0.15, 0.2) is 24.3 Å². The molecule has 1 aliphatic heterocycles. The second kappa shape index (κ2) is 6.57. The average molecular weight is 299 g/mol. The fraction of sp³-hybridized carbons (Fsp3) is 0.400. The number of nitrogens with one attached hydrogen (secondary N) is 2. The predicted molar refractivity (Wildman–Crippen MR) is 88.2 cm³/mol. The van der Waals surface area contributed by atoms with Gasteiger partial charge in [0, 0.05) is 18.8 Å². The molecular formula is C15H21N7. The molecule has 2 heterocycles. The largest absolute Gasteiger partial charge is 0.341 e. The average Bonchev–Trinajstić information content (AvgIpc) is 2.55. The van der Waals surface area contributed by atoms with Crippen molar-refractivity contribution in [2.75, 3.05) is 28.7 Å². The Morgan fingerprint density at radius 1 is 1.05 bits per heavy atom. The Kier molecular flexibility index (Phi) is 4.34. The summed E-state index contributed by atoms with van der Waals surface area (Å²) in [6.07, 6.45) is 3.59. The number of nitrogens with zero attached hydrogens (tertiary/aromatic N) is 4. The Hall–Kier alpha value is -2.41. The number of anilines is 4. The number of hydrazine groups is 1. The first-order valence-corrected chi connectivity index (χ1v) is 7.56. The van der Waals surface area contributed by atoms with E-state index >= 15 is 0 Å². The van der Waals surface area contributed by atoms with Gasteiger partial charge in [-0.2, -0.15) is 15.0 Å². The summed E-state index contributed by atoms with van der Waals surface area (Å²) in [5, 5.41) is 3.21. The van der Waals surface area contributed by atoms with E-state index in [-0.39, 0.29) is 0 Å². The third-order valence-electron chi connectivity index (χ3n) is 3.67. The standard InChI is InChI=1S/C15H21N7/c1-11-6-5-7-12(10-11)17-13-18-14(21-16)20-15(19-13)22-8-3-2-4-9-22/h5-7,10H,2-4,8-9,16H2,1H3,(H2,17,18,19,20,21). The van der Waals surface area contributed by atoms with Gasteiger partial charge in [0.1, 0.15) is 0 Å². The summed E-state index contributed by atoms with van der Waals surface area (Å²) in [5.74, 6) is 7.01. The van der Waals surface area contributed by atoms with Gasteiger partial charge in [0.15, 0.2) is 0 Å². The van der Waals surface area contributed by atoms with Gasteiger partial charge in [-0.05, 0) is 43.9 Å². The summed E-state index contributed by atoms with van der Waals surface area (Å²) in [5.41, 5.74) is 4.63. The highest BCUT2D eigenvalue weighted by atomic mass is 15.4. The van der Waals surface area contributed by atoms with E-state index in [9.17, 15) is 0 Å². The summed E-state index contributed by atoms with van der Waals surface area (Å²) in [6.45, 7) is 3.99. The fourth-order valence-electron chi connectivity index (χ4n) is 2.57. The minimum Gasteiger partial charge on any atom is -0.341 e. The van der Waals surface area contributed by atoms with Gasteiger partial charge in [-0.3, -0.25) is 5.43 Å². The summed E-state index contributed by atoms with van der Waals surface area (Å²) in [7, 11) is 0. The number of nitrogens with two attached hydrogens (primary N) is 1. The van der Waals surface area contributed by atoms with Gasteiger partial charge in [-0.1, -0.05) is 12.1 Å². The van der Waals surface area contributed by atoms with E-state index in [0.29, 0.717) is 17.8 Å². The highest BCUT2D eigenvalue weighted by molar-refractivity contribution is 5.56. The lowest BCUT2D eigenvalue weighted by molar-refractivity contribution is 0.568. The second-order valence-electron chi connectivity index (χ2n) is 5.47. The van der Waals surface area contributed by atoms with E-state index in [4.69, 9.17) is 5.84 Å². The molecule has 4 N–H and O–H groups in total. The third kappa shape index (κ3) is 3.43. The van der Waals surface area contributed by atoms with Crippen LogP contribution >= 0.6 is 0 Å². The van der Waals surface area contributed by atoms with Crippen molar-refractivity contribution >= 4 is 23.5 Å². The molecule has 0 amide bonds. The number of piperidine rings is 1. The molecule has 0 radical (unpaired) electrons. The van der Waals surface area contributed by atoms with Gasteiger partial charge in [-0.25, -0.2) is 5.84 Å². The van der Waals surface area contributed by atoms with Crippen LogP contribution in [0.4, 0.5) is 23.5 Å². The summed E-state index contributed by atoms with van der Waals surface area (Å²) in [4.78, 5) is 15.3. The molecule has 2 aromatic rings. The Bertz CT molecular complexity index is 638. The molecule has 0 atom stereocenters. The van der Waals surface area contributed by atoms with E-state index in [1.54, 1.807) is 0 Å².